The fourth-order valence-electron chi connectivity index (χ4n) is 7.86. The fraction of sp³-hybridized carbons (Fsp3) is 0.462. The first-order valence-electron chi connectivity index (χ1n) is 17.6. The van der Waals surface area contributed by atoms with E-state index in [9.17, 15) is 9.59 Å². The van der Waals surface area contributed by atoms with E-state index < -0.39 is 5.60 Å². The number of nitrogens with zero attached hydrogens (tertiary/aromatic N) is 4. The van der Waals surface area contributed by atoms with Gasteiger partial charge in [-0.25, -0.2) is 19.7 Å². The highest BCUT2D eigenvalue weighted by Crippen LogP contribution is 2.49. The Kier molecular flexibility index (Phi) is 9.13. The van der Waals surface area contributed by atoms with E-state index in [-0.39, 0.29) is 18.0 Å². The van der Waals surface area contributed by atoms with Crippen molar-refractivity contribution in [3.63, 3.8) is 0 Å². The third-order valence-corrected chi connectivity index (χ3v) is 10.1. The Hall–Kier alpha value is -4.73. The maximum atomic E-state index is 13.2. The molecule has 2 aromatic heterocycles. The maximum absolute atomic E-state index is 13.2. The minimum atomic E-state index is -0.546. The number of ether oxygens (including phenoxy) is 2. The second-order valence-electron chi connectivity index (χ2n) is 14.9. The lowest BCUT2D eigenvalue weighted by Crippen LogP contribution is -2.47. The van der Waals surface area contributed by atoms with Gasteiger partial charge in [-0.2, -0.15) is 0 Å². The molecule has 2 saturated carbocycles. The van der Waals surface area contributed by atoms with Gasteiger partial charge in [-0.3, -0.25) is 4.79 Å². The Labute approximate surface area is 288 Å². The summed E-state index contributed by atoms with van der Waals surface area (Å²) >= 11 is 0. The SMILES string of the molecule is Cc1ccc2c(NC(=O)C[C@@H]3C[C@H]4CC[C@H]3C4)cccc2c1Oc1ncccc1-c1ccnc(N[C@H]2CCCN(C(=O)OC(C)(C)C)C2)n1. The first-order valence-corrected chi connectivity index (χ1v) is 17.6. The molecular weight excluding hydrogens is 616 g/mol. The zero-order valence-corrected chi connectivity index (χ0v) is 28.9. The van der Waals surface area contributed by atoms with Crippen molar-refractivity contribution in [2.24, 2.45) is 17.8 Å². The molecular formula is C39H46N6O4. The third-order valence-electron chi connectivity index (χ3n) is 10.1. The summed E-state index contributed by atoms with van der Waals surface area (Å²) in [5.74, 6) is 3.68. The lowest BCUT2D eigenvalue weighted by molar-refractivity contribution is -0.117. The van der Waals surface area contributed by atoms with E-state index in [1.807, 2.05) is 76.2 Å². The number of benzene rings is 2. The molecule has 2 bridgehead atoms. The summed E-state index contributed by atoms with van der Waals surface area (Å²) < 4.78 is 12.2. The zero-order chi connectivity index (χ0) is 34.1. The summed E-state index contributed by atoms with van der Waals surface area (Å²) in [6.45, 7) is 8.80. The molecule has 0 unspecified atom stereocenters. The van der Waals surface area contributed by atoms with Gasteiger partial charge in [-0.1, -0.05) is 30.7 Å². The molecule has 4 aromatic rings. The van der Waals surface area contributed by atoms with E-state index in [0.29, 0.717) is 54.6 Å². The van der Waals surface area contributed by atoms with Gasteiger partial charge >= 0.3 is 6.09 Å². The molecule has 1 saturated heterocycles. The number of nitrogens with one attached hydrogen (secondary N) is 2. The molecule has 2 amide bonds. The monoisotopic (exact) mass is 662 g/mol. The molecule has 49 heavy (non-hydrogen) atoms. The summed E-state index contributed by atoms with van der Waals surface area (Å²) in [6, 6.07) is 15.6. The molecule has 7 rings (SSSR count). The van der Waals surface area contributed by atoms with Crippen LogP contribution in [0.5, 0.6) is 11.6 Å². The average molecular weight is 663 g/mol. The number of piperidine rings is 1. The minimum absolute atomic E-state index is 0.0116. The van der Waals surface area contributed by atoms with Crippen molar-refractivity contribution in [2.45, 2.75) is 84.3 Å². The molecule has 0 radical (unpaired) electrons. The van der Waals surface area contributed by atoms with Crippen LogP contribution < -0.4 is 15.4 Å². The molecule has 0 spiro atoms. The average Bonchev–Trinajstić information content (AvgIpc) is 3.70. The number of hydrogen-bond donors (Lipinski definition) is 2. The smallest absolute Gasteiger partial charge is 0.410 e. The van der Waals surface area contributed by atoms with Crippen LogP contribution in [0.25, 0.3) is 22.0 Å². The quantitative estimate of drug-likeness (QED) is 0.193. The van der Waals surface area contributed by atoms with Gasteiger partial charge in [0.2, 0.25) is 17.7 Å². The topological polar surface area (TPSA) is 119 Å². The molecule has 256 valence electrons. The van der Waals surface area contributed by atoms with E-state index in [0.717, 1.165) is 46.3 Å². The van der Waals surface area contributed by atoms with Gasteiger partial charge in [0.05, 0.1) is 11.3 Å². The highest BCUT2D eigenvalue weighted by atomic mass is 16.6. The van der Waals surface area contributed by atoms with Crippen LogP contribution in [0.15, 0.2) is 60.9 Å². The molecule has 2 N–H and O–H groups in total. The lowest BCUT2D eigenvalue weighted by Gasteiger charge is -2.34. The van der Waals surface area contributed by atoms with E-state index in [1.54, 1.807) is 17.3 Å². The van der Waals surface area contributed by atoms with Crippen molar-refractivity contribution in [2.75, 3.05) is 23.7 Å². The van der Waals surface area contributed by atoms with Gasteiger partial charge in [-0.15, -0.1) is 0 Å². The van der Waals surface area contributed by atoms with Crippen LogP contribution in [0, 0.1) is 24.7 Å². The molecule has 2 aliphatic carbocycles. The van der Waals surface area contributed by atoms with E-state index >= 15 is 0 Å². The van der Waals surface area contributed by atoms with Gasteiger partial charge in [0.25, 0.3) is 0 Å². The van der Waals surface area contributed by atoms with Gasteiger partial charge in [0, 0.05) is 54.4 Å². The van der Waals surface area contributed by atoms with Crippen LogP contribution in [0.3, 0.4) is 0 Å². The number of aryl methyl sites for hydroxylation is 1. The molecule has 10 nitrogen and oxygen atoms in total. The Morgan fingerprint density at radius 1 is 0.959 bits per heavy atom. The molecule has 1 aliphatic heterocycles. The maximum Gasteiger partial charge on any atom is 0.410 e. The highest BCUT2D eigenvalue weighted by molar-refractivity contribution is 6.04. The minimum Gasteiger partial charge on any atom is -0.444 e. The van der Waals surface area contributed by atoms with Crippen LogP contribution in [-0.4, -0.2) is 56.6 Å². The second-order valence-corrected chi connectivity index (χ2v) is 14.9. The van der Waals surface area contributed by atoms with Gasteiger partial charge in [0.1, 0.15) is 11.4 Å². The van der Waals surface area contributed by atoms with Crippen LogP contribution in [0.2, 0.25) is 0 Å². The molecule has 3 aliphatic rings. The largest absolute Gasteiger partial charge is 0.444 e. The van der Waals surface area contributed by atoms with Gasteiger partial charge in [-0.05, 0) is 107 Å². The number of rotatable bonds is 8. The summed E-state index contributed by atoms with van der Waals surface area (Å²) in [6.07, 6.45) is 10.5. The number of anilines is 2. The number of amides is 2. The number of fused-ring (bicyclic) bond motifs is 3. The van der Waals surface area contributed by atoms with Crippen LogP contribution in [-0.2, 0) is 9.53 Å². The van der Waals surface area contributed by atoms with Crippen LogP contribution in [0.4, 0.5) is 16.4 Å². The van der Waals surface area contributed by atoms with Crippen molar-refractivity contribution in [1.82, 2.24) is 19.9 Å². The van der Waals surface area contributed by atoms with Crippen LogP contribution in [0.1, 0.15) is 71.3 Å². The zero-order valence-electron chi connectivity index (χ0n) is 28.9. The number of carbonyl (C=O) groups excluding carboxylic acids is 2. The summed E-state index contributed by atoms with van der Waals surface area (Å²) in [7, 11) is 0. The predicted octanol–water partition coefficient (Wildman–Crippen LogP) is 8.37. The van der Waals surface area contributed by atoms with Crippen molar-refractivity contribution >= 4 is 34.4 Å². The van der Waals surface area contributed by atoms with Gasteiger partial charge in [0.15, 0.2) is 0 Å². The van der Waals surface area contributed by atoms with E-state index in [1.165, 1.54) is 25.7 Å². The highest BCUT2D eigenvalue weighted by Gasteiger charge is 2.40. The number of likely N-dealkylation sites (tertiary alicyclic amines) is 1. The second kappa shape index (κ2) is 13.6. The predicted molar refractivity (Wildman–Crippen MR) is 191 cm³/mol. The van der Waals surface area contributed by atoms with Crippen molar-refractivity contribution < 1.29 is 19.1 Å². The van der Waals surface area contributed by atoms with E-state index in [4.69, 9.17) is 14.5 Å². The first kappa shape index (κ1) is 32.8. The lowest BCUT2D eigenvalue weighted by atomic mass is 9.86. The van der Waals surface area contributed by atoms with Crippen molar-refractivity contribution in [3.8, 4) is 22.9 Å². The summed E-state index contributed by atoms with van der Waals surface area (Å²) in [5, 5.41) is 8.45. The normalized spacial score (nSPS) is 21.8. The molecule has 2 aromatic carbocycles. The van der Waals surface area contributed by atoms with Gasteiger partial charge < -0.3 is 25.0 Å². The van der Waals surface area contributed by atoms with E-state index in [2.05, 4.69) is 20.6 Å². The molecule has 4 atom stereocenters. The van der Waals surface area contributed by atoms with Crippen LogP contribution >= 0.6 is 0 Å². The Morgan fingerprint density at radius 3 is 2.63 bits per heavy atom. The summed E-state index contributed by atoms with van der Waals surface area (Å²) in [5.41, 5.74) is 2.57. The molecule has 3 heterocycles. The fourth-order valence-corrected chi connectivity index (χ4v) is 7.86. The summed E-state index contributed by atoms with van der Waals surface area (Å²) in [4.78, 5) is 41.6. The first-order chi connectivity index (χ1) is 23.6. The number of pyridine rings is 1. The van der Waals surface area contributed by atoms with Crippen molar-refractivity contribution in [1.29, 1.82) is 0 Å². The standard InChI is InChI=1S/C39H46N6O4/c1-24-12-15-29-30(9-5-11-32(29)43-34(46)22-27-21-25-13-14-26(27)20-25)35(24)48-36-31(10-6-17-40-36)33-16-18-41-37(44-33)42-28-8-7-19-45(23-28)38(47)49-39(2,3)4/h5-6,9-12,15-18,25-28H,7-8,13-14,19-23H2,1-4H3,(H,43,46)(H,41,42,44)/t25-,26-,27-,28-/m0/s1. The molecule has 10 heteroatoms. The number of carbonyl (C=O) groups is 2. The number of aromatic nitrogens is 3. The van der Waals surface area contributed by atoms with Crippen molar-refractivity contribution in [3.05, 3.63) is 66.5 Å². The molecule has 3 fully saturated rings. The Bertz CT molecular complexity index is 1860. The Balaban J connectivity index is 1.09. The third kappa shape index (κ3) is 7.48. The Morgan fingerprint density at radius 2 is 1.84 bits per heavy atom. The number of hydrogen-bond acceptors (Lipinski definition) is 8.